The Balaban J connectivity index is 1.39. The molecule has 0 bridgehead atoms. The molecule has 43 heavy (non-hydrogen) atoms. The predicted molar refractivity (Wildman–Crippen MR) is 170 cm³/mol. The number of carbonyl (C=O) groups is 3. The van der Waals surface area contributed by atoms with Crippen molar-refractivity contribution >= 4 is 45.3 Å². The summed E-state index contributed by atoms with van der Waals surface area (Å²) in [7, 11) is 0. The average Bonchev–Trinajstić information content (AvgIpc) is 3.54. The summed E-state index contributed by atoms with van der Waals surface area (Å²) in [5, 5.41) is 10.8. The number of fused-ring (bicyclic) bond motifs is 1. The van der Waals surface area contributed by atoms with E-state index in [1.54, 1.807) is 39.0 Å². The van der Waals surface area contributed by atoms with E-state index in [1.165, 1.54) is 19.3 Å². The van der Waals surface area contributed by atoms with Crippen molar-refractivity contribution in [3.8, 4) is 0 Å². The van der Waals surface area contributed by atoms with E-state index in [9.17, 15) is 14.4 Å². The Morgan fingerprint density at radius 2 is 1.58 bits per heavy atom. The van der Waals surface area contributed by atoms with Crippen molar-refractivity contribution in [2.24, 2.45) is 0 Å². The SMILES string of the molecule is CC(C)(C)OC(=O)n1nc(NC(=O)c2ccc(CN3CCCCC3)cc2)c2cc(C(=O)NC(C)(C)c3ccccc3)sc21. The molecule has 1 fully saturated rings. The van der Waals surface area contributed by atoms with Crippen molar-refractivity contribution in [1.82, 2.24) is 20.0 Å². The Morgan fingerprint density at radius 1 is 0.907 bits per heavy atom. The quantitative estimate of drug-likeness (QED) is 0.242. The predicted octanol–water partition coefficient (Wildman–Crippen LogP) is 6.78. The molecule has 2 N–H and O–H groups in total. The second kappa shape index (κ2) is 12.3. The molecule has 2 aromatic carbocycles. The van der Waals surface area contributed by atoms with E-state index >= 15 is 0 Å². The third kappa shape index (κ3) is 7.32. The summed E-state index contributed by atoms with van der Waals surface area (Å²) in [5.41, 5.74) is 1.19. The van der Waals surface area contributed by atoms with Gasteiger partial charge in [-0.2, -0.15) is 4.68 Å². The number of aromatic nitrogens is 2. The number of rotatable bonds is 7. The summed E-state index contributed by atoms with van der Waals surface area (Å²) < 4.78 is 6.68. The molecule has 2 aromatic heterocycles. The van der Waals surface area contributed by atoms with Crippen molar-refractivity contribution < 1.29 is 19.1 Å². The lowest BCUT2D eigenvalue weighted by atomic mass is 9.94. The lowest BCUT2D eigenvalue weighted by molar-refractivity contribution is 0.0523. The van der Waals surface area contributed by atoms with E-state index in [-0.39, 0.29) is 17.6 Å². The number of nitrogens with one attached hydrogen (secondary N) is 2. The van der Waals surface area contributed by atoms with E-state index in [4.69, 9.17) is 4.74 Å². The zero-order valence-electron chi connectivity index (χ0n) is 25.4. The molecular formula is C33H39N5O4S. The number of hydrogen-bond donors (Lipinski definition) is 2. The van der Waals surface area contributed by atoms with Gasteiger partial charge in [0, 0.05) is 12.1 Å². The number of piperidine rings is 1. The van der Waals surface area contributed by atoms with Crippen molar-refractivity contribution in [2.45, 2.75) is 71.6 Å². The van der Waals surface area contributed by atoms with Crippen LogP contribution in [0.4, 0.5) is 10.6 Å². The number of benzene rings is 2. The first kappa shape index (κ1) is 30.4. The van der Waals surface area contributed by atoms with Crippen molar-refractivity contribution in [1.29, 1.82) is 0 Å². The summed E-state index contributed by atoms with van der Waals surface area (Å²) in [6.07, 6.45) is 3.04. The lowest BCUT2D eigenvalue weighted by Gasteiger charge is -2.26. The largest absolute Gasteiger partial charge is 0.442 e. The molecule has 1 aliphatic rings. The molecule has 10 heteroatoms. The number of nitrogens with zero attached hydrogens (tertiary/aromatic N) is 3. The van der Waals surface area contributed by atoms with Crippen LogP contribution in [0.25, 0.3) is 10.2 Å². The smallest absolute Gasteiger partial charge is 0.436 e. The van der Waals surface area contributed by atoms with Gasteiger partial charge in [-0.15, -0.1) is 16.4 Å². The van der Waals surface area contributed by atoms with Crippen LogP contribution in [0.2, 0.25) is 0 Å². The monoisotopic (exact) mass is 601 g/mol. The van der Waals surface area contributed by atoms with E-state index in [0.29, 0.717) is 20.7 Å². The summed E-state index contributed by atoms with van der Waals surface area (Å²) in [5.74, 6) is -0.476. The van der Waals surface area contributed by atoms with Crippen LogP contribution in [0.5, 0.6) is 0 Å². The van der Waals surface area contributed by atoms with Crippen LogP contribution >= 0.6 is 11.3 Å². The fraction of sp³-hybridized carbons (Fsp3) is 0.394. The molecule has 3 heterocycles. The normalized spacial score (nSPS) is 14.4. The van der Waals surface area contributed by atoms with Crippen molar-refractivity contribution in [3.63, 3.8) is 0 Å². The molecule has 5 rings (SSSR count). The molecule has 2 amide bonds. The van der Waals surface area contributed by atoms with Gasteiger partial charge in [-0.05, 0) is 89.9 Å². The van der Waals surface area contributed by atoms with E-state index in [2.05, 4.69) is 20.6 Å². The van der Waals surface area contributed by atoms with Gasteiger partial charge >= 0.3 is 6.09 Å². The number of amides is 2. The van der Waals surface area contributed by atoms with Crippen LogP contribution in [0.3, 0.4) is 0 Å². The molecule has 4 aromatic rings. The number of likely N-dealkylation sites (tertiary alicyclic amines) is 1. The zero-order chi connectivity index (χ0) is 30.8. The number of thiophene rings is 1. The maximum absolute atomic E-state index is 13.4. The molecule has 0 aliphatic carbocycles. The molecule has 0 radical (unpaired) electrons. The first-order valence-corrected chi connectivity index (χ1v) is 15.5. The number of anilines is 1. The average molecular weight is 602 g/mol. The van der Waals surface area contributed by atoms with Gasteiger partial charge in [0.05, 0.1) is 15.8 Å². The highest BCUT2D eigenvalue weighted by molar-refractivity contribution is 7.20. The van der Waals surface area contributed by atoms with E-state index < -0.39 is 17.2 Å². The third-order valence-corrected chi connectivity index (χ3v) is 8.48. The molecule has 0 unspecified atom stereocenters. The highest BCUT2D eigenvalue weighted by atomic mass is 32.1. The molecule has 9 nitrogen and oxygen atoms in total. The van der Waals surface area contributed by atoms with Crippen molar-refractivity contribution in [3.05, 3.63) is 82.2 Å². The maximum atomic E-state index is 13.4. The van der Waals surface area contributed by atoms with Gasteiger partial charge in [0.25, 0.3) is 11.8 Å². The topological polar surface area (TPSA) is 106 Å². The maximum Gasteiger partial charge on any atom is 0.436 e. The Labute approximate surface area is 256 Å². The molecule has 1 aliphatic heterocycles. The standard InChI is InChI=1S/C33H39N5O4S/c1-32(2,3)42-31(41)38-30-25(20-26(43-30)29(40)35-33(4,5)24-12-8-6-9-13-24)27(36-38)34-28(39)23-16-14-22(15-17-23)21-37-18-10-7-11-19-37/h6,8-9,12-17,20H,7,10-11,18-19,21H2,1-5H3,(H,35,40)(H,34,36,39). The molecule has 226 valence electrons. The molecule has 0 atom stereocenters. The minimum atomic E-state index is -0.758. The minimum Gasteiger partial charge on any atom is -0.442 e. The summed E-state index contributed by atoms with van der Waals surface area (Å²) in [6, 6.07) is 18.9. The highest BCUT2D eigenvalue weighted by Crippen LogP contribution is 2.33. The lowest BCUT2D eigenvalue weighted by Crippen LogP contribution is -2.40. The fourth-order valence-corrected chi connectivity index (χ4v) is 6.13. The molecule has 0 saturated carbocycles. The molecule has 1 saturated heterocycles. The minimum absolute atomic E-state index is 0.181. The Hall–Kier alpha value is -4.02. The van der Waals surface area contributed by atoms with E-state index in [0.717, 1.165) is 46.8 Å². The van der Waals surface area contributed by atoms with Gasteiger partial charge in [-0.1, -0.05) is 48.9 Å². The van der Waals surface area contributed by atoms with Gasteiger partial charge in [-0.3, -0.25) is 14.5 Å². The first-order valence-electron chi connectivity index (χ1n) is 14.7. The Bertz CT molecular complexity index is 1610. The van der Waals surface area contributed by atoms with Crippen molar-refractivity contribution in [2.75, 3.05) is 18.4 Å². The summed E-state index contributed by atoms with van der Waals surface area (Å²) in [6.45, 7) is 12.2. The fourth-order valence-electron chi connectivity index (χ4n) is 5.13. The van der Waals surface area contributed by atoms with Crippen LogP contribution in [-0.2, 0) is 16.8 Å². The van der Waals surface area contributed by atoms with Gasteiger partial charge in [0.15, 0.2) is 5.82 Å². The first-order chi connectivity index (χ1) is 20.4. The summed E-state index contributed by atoms with van der Waals surface area (Å²) in [4.78, 5) is 43.0. The van der Waals surface area contributed by atoms with Gasteiger partial charge in [-0.25, -0.2) is 4.79 Å². The Morgan fingerprint density at radius 3 is 2.23 bits per heavy atom. The van der Waals surface area contributed by atoms with Gasteiger partial charge in [0.2, 0.25) is 0 Å². The van der Waals surface area contributed by atoms with Gasteiger partial charge in [0.1, 0.15) is 10.4 Å². The van der Waals surface area contributed by atoms with Crippen LogP contribution in [0.15, 0.2) is 60.7 Å². The molecular weight excluding hydrogens is 562 g/mol. The number of hydrogen-bond acceptors (Lipinski definition) is 7. The second-order valence-corrected chi connectivity index (χ2v) is 13.5. The van der Waals surface area contributed by atoms with Crippen LogP contribution in [0, 0.1) is 0 Å². The third-order valence-electron chi connectivity index (χ3n) is 7.37. The zero-order valence-corrected chi connectivity index (χ0v) is 26.2. The van der Waals surface area contributed by atoms with Crippen LogP contribution in [0.1, 0.15) is 85.0 Å². The van der Waals surface area contributed by atoms with E-state index in [1.807, 2.05) is 56.3 Å². The number of ether oxygens (including phenoxy) is 1. The van der Waals surface area contributed by atoms with Crippen LogP contribution in [-0.4, -0.2) is 51.3 Å². The summed E-state index contributed by atoms with van der Waals surface area (Å²) >= 11 is 1.12. The molecule has 0 spiro atoms. The number of carbonyl (C=O) groups excluding carboxylic acids is 3. The highest BCUT2D eigenvalue weighted by Gasteiger charge is 2.28. The Kier molecular flexibility index (Phi) is 8.71. The second-order valence-electron chi connectivity index (χ2n) is 12.5. The van der Waals surface area contributed by atoms with Crippen LogP contribution < -0.4 is 10.6 Å². The van der Waals surface area contributed by atoms with Gasteiger partial charge < -0.3 is 15.4 Å².